The van der Waals surface area contributed by atoms with E-state index in [0.29, 0.717) is 0 Å². The minimum Gasteiger partial charge on any atom is -0.417 e. The normalized spacial score (nSPS) is 11.7. The molecule has 1 N–H and O–H groups in total. The maximum absolute atomic E-state index is 3.80. The molecule has 2 rings (SSSR count). The van der Waals surface area contributed by atoms with E-state index in [1.807, 2.05) is 0 Å². The predicted octanol–water partition coefficient (Wildman–Crippen LogP) is 4.16. The summed E-state index contributed by atoms with van der Waals surface area (Å²) in [7, 11) is -1.67. The van der Waals surface area contributed by atoms with Gasteiger partial charge >= 0.3 is 0 Å². The zero-order chi connectivity index (χ0) is 14.2. The molecule has 2 aromatic carbocycles. The minimum atomic E-state index is -1.67. The molecule has 0 unspecified atom stereocenters. The summed E-state index contributed by atoms with van der Waals surface area (Å²) < 4.78 is 0. The molecule has 0 radical (unpaired) electrons. The second-order valence-corrected chi connectivity index (χ2v) is 9.99. The third-order valence-corrected chi connectivity index (χ3v) is 7.21. The van der Waals surface area contributed by atoms with Crippen molar-refractivity contribution >= 4 is 19.1 Å². The average Bonchev–Trinajstić information content (AvgIpc) is 2.55. The zero-order valence-corrected chi connectivity index (χ0v) is 13.9. The van der Waals surface area contributed by atoms with Gasteiger partial charge in [-0.15, -0.1) is 0 Å². The first kappa shape index (κ1) is 14.0. The molecule has 0 heterocycles. The summed E-state index contributed by atoms with van der Waals surface area (Å²) in [6.45, 7) is 13.8. The number of rotatable bonds is 3. The Morgan fingerprint density at radius 1 is 0.947 bits per heavy atom. The molecule has 0 bridgehead atoms. The van der Waals surface area contributed by atoms with E-state index in [2.05, 4.69) is 76.1 Å². The Labute approximate surface area is 118 Å². The number of nitrogens with one attached hydrogen (secondary N) is 1. The van der Waals surface area contributed by atoms with Gasteiger partial charge in [0, 0.05) is 5.69 Å². The van der Waals surface area contributed by atoms with Crippen molar-refractivity contribution in [3.8, 4) is 0 Å². The molecule has 0 aliphatic carbocycles. The number of para-hydroxylation sites is 1. The van der Waals surface area contributed by atoms with Gasteiger partial charge in [0.25, 0.3) is 0 Å². The van der Waals surface area contributed by atoms with Crippen LogP contribution in [0.1, 0.15) is 22.3 Å². The van der Waals surface area contributed by atoms with Gasteiger partial charge in [0.1, 0.15) is 8.24 Å². The second kappa shape index (κ2) is 4.93. The Bertz CT molecular complexity index is 554. The first-order valence-electron chi connectivity index (χ1n) is 6.91. The molecule has 0 aliphatic rings. The van der Waals surface area contributed by atoms with Crippen LogP contribution in [0.3, 0.4) is 0 Å². The monoisotopic (exact) mass is 270 g/mol. The average molecular weight is 270 g/mol. The lowest BCUT2D eigenvalue weighted by atomic mass is 10.2. The van der Waals surface area contributed by atoms with Gasteiger partial charge in [0.2, 0.25) is 0 Å². The lowest BCUT2D eigenvalue weighted by Gasteiger charge is -2.33. The fourth-order valence-corrected chi connectivity index (χ4v) is 6.36. The van der Waals surface area contributed by atoms with E-state index in [9.17, 15) is 0 Å². The van der Waals surface area contributed by atoms with E-state index in [-0.39, 0.29) is 0 Å². The van der Waals surface area contributed by atoms with Crippen molar-refractivity contribution in [2.45, 2.75) is 40.8 Å². The van der Waals surface area contributed by atoms with Crippen LogP contribution in [-0.2, 0) is 0 Å². The highest BCUT2D eigenvalue weighted by Gasteiger charge is 2.22. The van der Waals surface area contributed by atoms with Crippen molar-refractivity contribution in [2.75, 3.05) is 4.98 Å². The maximum Gasteiger partial charge on any atom is 0.108 e. The molecule has 0 aliphatic heterocycles. The standard InChI is InChI=1S/C17H24NSi/c1-12-13(2)15(4)17(14(12)3)19(5,6)18-16-10-8-7-9-11-16/h7-11,18H,1-6H3/q-1. The van der Waals surface area contributed by atoms with Gasteiger partial charge in [-0.2, -0.15) is 27.4 Å². The van der Waals surface area contributed by atoms with Crippen LogP contribution in [0.25, 0.3) is 0 Å². The molecular weight excluding hydrogens is 246 g/mol. The zero-order valence-electron chi connectivity index (χ0n) is 12.9. The van der Waals surface area contributed by atoms with Crippen LogP contribution >= 0.6 is 0 Å². The van der Waals surface area contributed by atoms with Crippen molar-refractivity contribution in [3.05, 3.63) is 52.6 Å². The van der Waals surface area contributed by atoms with E-state index in [1.165, 1.54) is 27.9 Å². The highest BCUT2D eigenvalue weighted by Crippen LogP contribution is 2.23. The third-order valence-electron chi connectivity index (χ3n) is 4.29. The molecule has 2 heteroatoms. The second-order valence-electron chi connectivity index (χ2n) is 5.99. The molecular formula is C17H24NSi-. The SMILES string of the molecule is Cc1c([Si](C)(C)Nc2ccccc2)c(C)[c-](C)c1C. The summed E-state index contributed by atoms with van der Waals surface area (Å²) in [5.74, 6) is 0. The Kier molecular flexibility index (Phi) is 3.63. The first-order valence-corrected chi connectivity index (χ1v) is 9.91. The van der Waals surface area contributed by atoms with Gasteiger partial charge in [0.05, 0.1) is 0 Å². The summed E-state index contributed by atoms with van der Waals surface area (Å²) >= 11 is 0. The minimum absolute atomic E-state index is 1.23. The summed E-state index contributed by atoms with van der Waals surface area (Å²) in [6.07, 6.45) is 0. The number of anilines is 1. The van der Waals surface area contributed by atoms with Crippen LogP contribution in [0.5, 0.6) is 0 Å². The molecule has 102 valence electrons. The van der Waals surface area contributed by atoms with Gasteiger partial charge in [-0.05, 0) is 12.1 Å². The van der Waals surface area contributed by atoms with Gasteiger partial charge in [-0.1, -0.05) is 59.0 Å². The summed E-state index contributed by atoms with van der Waals surface area (Å²) in [4.78, 5) is 3.80. The van der Waals surface area contributed by atoms with Crippen LogP contribution < -0.4 is 10.2 Å². The molecule has 2 aromatic rings. The Hall–Kier alpha value is -1.41. The van der Waals surface area contributed by atoms with E-state index >= 15 is 0 Å². The molecule has 0 fully saturated rings. The van der Waals surface area contributed by atoms with Gasteiger partial charge in [-0.3, -0.25) is 0 Å². The van der Waals surface area contributed by atoms with Crippen LogP contribution in [-0.4, -0.2) is 8.24 Å². The highest BCUT2D eigenvalue weighted by atomic mass is 28.3. The van der Waals surface area contributed by atoms with Crippen LogP contribution in [0.2, 0.25) is 13.1 Å². The van der Waals surface area contributed by atoms with Crippen LogP contribution in [0.15, 0.2) is 30.3 Å². The van der Waals surface area contributed by atoms with Gasteiger partial charge < -0.3 is 4.98 Å². The Balaban J connectivity index is 2.43. The van der Waals surface area contributed by atoms with Crippen molar-refractivity contribution < 1.29 is 0 Å². The molecule has 0 amide bonds. The Morgan fingerprint density at radius 3 is 2.00 bits per heavy atom. The van der Waals surface area contributed by atoms with Gasteiger partial charge in [-0.25, -0.2) is 0 Å². The van der Waals surface area contributed by atoms with Gasteiger partial charge in [0.15, 0.2) is 0 Å². The molecule has 0 spiro atoms. The number of hydrogen-bond acceptors (Lipinski definition) is 1. The summed E-state index contributed by atoms with van der Waals surface area (Å²) in [5.41, 5.74) is 7.12. The fraction of sp³-hybridized carbons (Fsp3) is 0.353. The van der Waals surface area contributed by atoms with E-state index < -0.39 is 8.24 Å². The third kappa shape index (κ3) is 2.50. The lowest BCUT2D eigenvalue weighted by Crippen LogP contribution is -2.51. The maximum atomic E-state index is 3.80. The van der Waals surface area contributed by atoms with Crippen molar-refractivity contribution in [2.24, 2.45) is 0 Å². The molecule has 0 saturated heterocycles. The largest absolute Gasteiger partial charge is 0.417 e. The van der Waals surface area contributed by atoms with Crippen molar-refractivity contribution in [3.63, 3.8) is 0 Å². The topological polar surface area (TPSA) is 12.0 Å². The molecule has 1 nitrogen and oxygen atoms in total. The summed E-state index contributed by atoms with van der Waals surface area (Å²) in [6, 6.07) is 10.6. The quantitative estimate of drug-likeness (QED) is 0.652. The smallest absolute Gasteiger partial charge is 0.108 e. The van der Waals surface area contributed by atoms with Crippen molar-refractivity contribution in [1.82, 2.24) is 0 Å². The molecule has 19 heavy (non-hydrogen) atoms. The fourth-order valence-electron chi connectivity index (χ4n) is 3.10. The first-order chi connectivity index (χ1) is 8.84. The molecule has 0 atom stereocenters. The van der Waals surface area contributed by atoms with Crippen molar-refractivity contribution in [1.29, 1.82) is 0 Å². The lowest BCUT2D eigenvalue weighted by molar-refractivity contribution is 1.32. The highest BCUT2D eigenvalue weighted by molar-refractivity contribution is 6.93. The Morgan fingerprint density at radius 2 is 1.53 bits per heavy atom. The molecule has 0 saturated carbocycles. The van der Waals surface area contributed by atoms with E-state index in [1.54, 1.807) is 5.19 Å². The van der Waals surface area contributed by atoms with Crippen LogP contribution in [0.4, 0.5) is 5.69 Å². The van der Waals surface area contributed by atoms with Crippen LogP contribution in [0, 0.1) is 27.7 Å². The van der Waals surface area contributed by atoms with E-state index in [4.69, 9.17) is 0 Å². The summed E-state index contributed by atoms with van der Waals surface area (Å²) in [5, 5.41) is 1.58. The molecule has 0 aromatic heterocycles. The number of benzene rings is 1. The predicted molar refractivity (Wildman–Crippen MR) is 88.2 cm³/mol. The number of hydrogen-bond donors (Lipinski definition) is 1. The van der Waals surface area contributed by atoms with E-state index in [0.717, 1.165) is 0 Å².